The van der Waals surface area contributed by atoms with Crippen LogP contribution in [0.3, 0.4) is 0 Å². The highest BCUT2D eigenvalue weighted by molar-refractivity contribution is 7.91. The third-order valence-corrected chi connectivity index (χ3v) is 6.20. The molecule has 0 aromatic heterocycles. The van der Waals surface area contributed by atoms with Crippen molar-refractivity contribution in [2.45, 2.75) is 51.0 Å². The van der Waals surface area contributed by atoms with Gasteiger partial charge in [-0.05, 0) is 31.1 Å². The molecule has 94 valence electrons. The van der Waals surface area contributed by atoms with Gasteiger partial charge in [0.1, 0.15) is 0 Å². The molecule has 0 bridgehead atoms. The van der Waals surface area contributed by atoms with Gasteiger partial charge in [0.25, 0.3) is 0 Å². The van der Waals surface area contributed by atoms with Crippen molar-refractivity contribution < 1.29 is 13.5 Å². The fraction of sp³-hybridized carbons (Fsp3) is 1.00. The average Bonchev–Trinajstić information content (AvgIpc) is 2.55. The molecule has 2 rings (SSSR count). The first-order valence-corrected chi connectivity index (χ1v) is 8.20. The van der Waals surface area contributed by atoms with E-state index in [9.17, 15) is 13.5 Å². The summed E-state index contributed by atoms with van der Waals surface area (Å²) in [5.41, 5.74) is -0.910. The lowest BCUT2D eigenvalue weighted by molar-refractivity contribution is -0.0195. The lowest BCUT2D eigenvalue weighted by Crippen LogP contribution is -2.41. The summed E-state index contributed by atoms with van der Waals surface area (Å²) in [5, 5.41) is 10.5. The second-order valence-corrected chi connectivity index (χ2v) is 7.77. The Hall–Kier alpha value is -0.0900. The average molecular weight is 246 g/mol. The molecule has 16 heavy (non-hydrogen) atoms. The molecule has 1 heterocycles. The van der Waals surface area contributed by atoms with Crippen molar-refractivity contribution in [3.05, 3.63) is 0 Å². The van der Waals surface area contributed by atoms with Crippen molar-refractivity contribution in [2.75, 3.05) is 11.5 Å². The first-order chi connectivity index (χ1) is 7.45. The van der Waals surface area contributed by atoms with Crippen LogP contribution in [0.4, 0.5) is 0 Å². The van der Waals surface area contributed by atoms with E-state index in [1.165, 1.54) is 6.42 Å². The summed E-state index contributed by atoms with van der Waals surface area (Å²) in [4.78, 5) is 0. The fourth-order valence-electron chi connectivity index (χ4n) is 3.33. The van der Waals surface area contributed by atoms with E-state index in [0.29, 0.717) is 12.3 Å². The first kappa shape index (κ1) is 12.4. The van der Waals surface area contributed by atoms with Gasteiger partial charge >= 0.3 is 0 Å². The van der Waals surface area contributed by atoms with Crippen LogP contribution in [0, 0.1) is 11.8 Å². The molecular formula is C12H22O3S. The maximum Gasteiger partial charge on any atom is 0.153 e. The summed E-state index contributed by atoms with van der Waals surface area (Å²) in [7, 11) is -2.98. The number of aliphatic hydroxyl groups is 1. The molecule has 0 spiro atoms. The molecular weight excluding hydrogens is 224 g/mol. The maximum atomic E-state index is 11.5. The Bertz CT molecular complexity index is 349. The van der Waals surface area contributed by atoms with Crippen LogP contribution in [0.2, 0.25) is 0 Å². The fourth-order valence-corrected chi connectivity index (χ4v) is 5.28. The zero-order chi connectivity index (χ0) is 11.8. The predicted molar refractivity (Wildman–Crippen MR) is 64.0 cm³/mol. The van der Waals surface area contributed by atoms with Gasteiger partial charge in [0.05, 0.1) is 17.1 Å². The molecule has 0 aromatic carbocycles. The van der Waals surface area contributed by atoms with E-state index in [2.05, 4.69) is 6.92 Å². The zero-order valence-corrected chi connectivity index (χ0v) is 10.8. The standard InChI is InChI=1S/C12H22O3S/c1-2-10-4-3-5-11(8-10)12(13)6-7-16(14,15)9-12/h10-11,13H,2-9H2,1H3. The normalized spacial score (nSPS) is 43.4. The van der Waals surface area contributed by atoms with Gasteiger partial charge in [0.15, 0.2) is 9.84 Å². The topological polar surface area (TPSA) is 54.4 Å². The molecule has 0 radical (unpaired) electrons. The van der Waals surface area contributed by atoms with Gasteiger partial charge in [-0.15, -0.1) is 0 Å². The molecule has 2 aliphatic rings. The van der Waals surface area contributed by atoms with E-state index in [4.69, 9.17) is 0 Å². The molecule has 3 unspecified atom stereocenters. The van der Waals surface area contributed by atoms with Gasteiger partial charge in [-0.1, -0.05) is 26.2 Å². The molecule has 1 aliphatic heterocycles. The molecule has 0 amide bonds. The Morgan fingerprint density at radius 2 is 2.12 bits per heavy atom. The summed E-state index contributed by atoms with van der Waals surface area (Å²) in [6.45, 7) is 2.18. The minimum atomic E-state index is -2.98. The molecule has 4 heteroatoms. The van der Waals surface area contributed by atoms with E-state index < -0.39 is 15.4 Å². The molecule has 3 atom stereocenters. The number of sulfone groups is 1. The molecule has 1 saturated carbocycles. The highest BCUT2D eigenvalue weighted by Crippen LogP contribution is 2.41. The summed E-state index contributed by atoms with van der Waals surface area (Å²) in [6.07, 6.45) is 6.02. The molecule has 1 saturated heterocycles. The molecule has 3 nitrogen and oxygen atoms in total. The van der Waals surface area contributed by atoms with E-state index in [1.54, 1.807) is 0 Å². The molecule has 1 N–H and O–H groups in total. The Labute approximate surface area is 98.2 Å². The first-order valence-electron chi connectivity index (χ1n) is 6.38. The lowest BCUT2D eigenvalue weighted by Gasteiger charge is -2.37. The van der Waals surface area contributed by atoms with Crippen LogP contribution in [0.1, 0.15) is 45.4 Å². The van der Waals surface area contributed by atoms with E-state index >= 15 is 0 Å². The van der Waals surface area contributed by atoms with Gasteiger partial charge in [-0.3, -0.25) is 0 Å². The van der Waals surface area contributed by atoms with Gasteiger partial charge in [0, 0.05) is 0 Å². The van der Waals surface area contributed by atoms with Crippen molar-refractivity contribution in [1.82, 2.24) is 0 Å². The van der Waals surface area contributed by atoms with Gasteiger partial charge in [-0.2, -0.15) is 0 Å². The van der Waals surface area contributed by atoms with Crippen molar-refractivity contribution >= 4 is 9.84 Å². The Balaban J connectivity index is 2.07. The van der Waals surface area contributed by atoms with Crippen LogP contribution in [-0.4, -0.2) is 30.6 Å². The predicted octanol–water partition coefficient (Wildman–Crippen LogP) is 1.75. The zero-order valence-electron chi connectivity index (χ0n) is 9.98. The van der Waals surface area contributed by atoms with E-state index in [1.807, 2.05) is 0 Å². The summed E-state index contributed by atoms with van der Waals surface area (Å²) in [6, 6.07) is 0. The second kappa shape index (κ2) is 4.30. The highest BCUT2D eigenvalue weighted by atomic mass is 32.2. The lowest BCUT2D eigenvalue weighted by atomic mass is 9.72. The Morgan fingerprint density at radius 1 is 1.38 bits per heavy atom. The van der Waals surface area contributed by atoms with Gasteiger partial charge in [-0.25, -0.2) is 8.42 Å². The van der Waals surface area contributed by atoms with E-state index in [-0.39, 0.29) is 17.4 Å². The minimum absolute atomic E-state index is 0.00109. The SMILES string of the molecule is CCC1CCCC(C2(O)CCS(=O)(=O)C2)C1. The van der Waals surface area contributed by atoms with Crippen LogP contribution >= 0.6 is 0 Å². The van der Waals surface area contributed by atoms with Gasteiger partial charge in [0.2, 0.25) is 0 Å². The monoisotopic (exact) mass is 246 g/mol. The van der Waals surface area contributed by atoms with Crippen LogP contribution < -0.4 is 0 Å². The van der Waals surface area contributed by atoms with Gasteiger partial charge < -0.3 is 5.11 Å². The minimum Gasteiger partial charge on any atom is -0.389 e. The third-order valence-electron chi connectivity index (χ3n) is 4.44. The number of hydrogen-bond acceptors (Lipinski definition) is 3. The molecule has 0 aromatic rings. The smallest absolute Gasteiger partial charge is 0.153 e. The number of hydrogen-bond donors (Lipinski definition) is 1. The van der Waals surface area contributed by atoms with Crippen molar-refractivity contribution in [1.29, 1.82) is 0 Å². The molecule has 1 aliphatic carbocycles. The summed E-state index contributed by atoms with van der Waals surface area (Å²) < 4.78 is 23.0. The van der Waals surface area contributed by atoms with Crippen molar-refractivity contribution in [2.24, 2.45) is 11.8 Å². The van der Waals surface area contributed by atoms with Crippen LogP contribution in [0.25, 0.3) is 0 Å². The summed E-state index contributed by atoms with van der Waals surface area (Å²) >= 11 is 0. The van der Waals surface area contributed by atoms with Crippen LogP contribution in [-0.2, 0) is 9.84 Å². The summed E-state index contributed by atoms with van der Waals surface area (Å²) in [5.74, 6) is 1.08. The quantitative estimate of drug-likeness (QED) is 0.807. The van der Waals surface area contributed by atoms with E-state index in [0.717, 1.165) is 25.7 Å². The number of rotatable bonds is 2. The van der Waals surface area contributed by atoms with Crippen molar-refractivity contribution in [3.63, 3.8) is 0 Å². The highest BCUT2D eigenvalue weighted by Gasteiger charge is 2.47. The molecule has 2 fully saturated rings. The Morgan fingerprint density at radius 3 is 2.69 bits per heavy atom. The van der Waals surface area contributed by atoms with Crippen LogP contribution in [0.15, 0.2) is 0 Å². The second-order valence-electron chi connectivity index (χ2n) is 5.58. The largest absolute Gasteiger partial charge is 0.389 e. The van der Waals surface area contributed by atoms with Crippen molar-refractivity contribution in [3.8, 4) is 0 Å². The maximum absolute atomic E-state index is 11.5. The van der Waals surface area contributed by atoms with Crippen LogP contribution in [0.5, 0.6) is 0 Å². The Kier molecular flexibility index (Phi) is 3.32. The third kappa shape index (κ3) is 2.43.